The van der Waals surface area contributed by atoms with Gasteiger partial charge in [-0.15, -0.1) is 0 Å². The number of hydrogen-bond donors (Lipinski definition) is 2. The predicted molar refractivity (Wildman–Crippen MR) is 88.2 cm³/mol. The molecule has 2 aromatic heterocycles. The molecule has 4 rings (SSSR count). The predicted octanol–water partition coefficient (Wildman–Crippen LogP) is 1.40. The number of aryl methyl sites for hydroxylation is 1. The fourth-order valence-electron chi connectivity index (χ4n) is 3.24. The van der Waals surface area contributed by atoms with Crippen molar-refractivity contribution in [2.45, 2.75) is 25.9 Å². The number of piperazine rings is 1. The van der Waals surface area contributed by atoms with Crippen molar-refractivity contribution in [2.24, 2.45) is 0 Å². The topological polar surface area (TPSA) is 87.0 Å². The quantitative estimate of drug-likeness (QED) is 0.757. The fourth-order valence-corrected chi connectivity index (χ4v) is 3.24. The molecular formula is C17H19N5O2. The summed E-state index contributed by atoms with van der Waals surface area (Å²) in [5, 5.41) is 7.93. The summed E-state index contributed by atoms with van der Waals surface area (Å²) < 4.78 is 5.20. The average Bonchev–Trinajstić information content (AvgIpc) is 3.17. The standard InChI is InChI=1S/C17H19N5O2/c1-11-20-16(24-21-11)8-15-17(23)18-6-7-22(15)10-12-9-19-14-5-3-2-4-13(12)14/h2-5,9,15,19H,6-8,10H2,1H3,(H,18,23). The van der Waals surface area contributed by atoms with Crippen molar-refractivity contribution in [1.82, 2.24) is 25.3 Å². The number of aromatic nitrogens is 3. The Morgan fingerprint density at radius 1 is 1.38 bits per heavy atom. The van der Waals surface area contributed by atoms with E-state index in [0.29, 0.717) is 31.2 Å². The molecule has 1 aromatic carbocycles. The molecule has 3 heterocycles. The molecule has 1 saturated heterocycles. The minimum absolute atomic E-state index is 0.0111. The third kappa shape index (κ3) is 2.78. The van der Waals surface area contributed by atoms with Crippen LogP contribution in [0.4, 0.5) is 0 Å². The summed E-state index contributed by atoms with van der Waals surface area (Å²) in [5.41, 5.74) is 2.30. The Bertz CT molecular complexity index is 869. The zero-order valence-electron chi connectivity index (χ0n) is 13.5. The number of carbonyl (C=O) groups excluding carboxylic acids is 1. The first kappa shape index (κ1) is 14.9. The van der Waals surface area contributed by atoms with Crippen molar-refractivity contribution in [2.75, 3.05) is 13.1 Å². The van der Waals surface area contributed by atoms with E-state index in [1.54, 1.807) is 6.92 Å². The molecule has 1 aliphatic heterocycles. The maximum Gasteiger partial charge on any atom is 0.237 e. The van der Waals surface area contributed by atoms with Crippen LogP contribution in [0.5, 0.6) is 0 Å². The van der Waals surface area contributed by atoms with E-state index in [-0.39, 0.29) is 11.9 Å². The number of amides is 1. The molecule has 0 bridgehead atoms. The molecule has 0 aliphatic carbocycles. The zero-order valence-corrected chi connectivity index (χ0v) is 13.5. The molecule has 7 heteroatoms. The number of nitrogens with zero attached hydrogens (tertiary/aromatic N) is 3. The van der Waals surface area contributed by atoms with Gasteiger partial charge in [0.1, 0.15) is 0 Å². The Kier molecular flexibility index (Phi) is 3.78. The molecule has 1 fully saturated rings. The van der Waals surface area contributed by atoms with Gasteiger partial charge in [0.2, 0.25) is 11.8 Å². The van der Waals surface area contributed by atoms with E-state index >= 15 is 0 Å². The Morgan fingerprint density at radius 3 is 3.08 bits per heavy atom. The van der Waals surface area contributed by atoms with Crippen LogP contribution in [-0.4, -0.2) is 45.1 Å². The van der Waals surface area contributed by atoms with E-state index in [4.69, 9.17) is 4.52 Å². The molecule has 1 amide bonds. The molecule has 2 N–H and O–H groups in total. The molecule has 124 valence electrons. The number of para-hydroxylation sites is 1. The normalized spacial score (nSPS) is 18.9. The maximum absolute atomic E-state index is 12.4. The summed E-state index contributed by atoms with van der Waals surface area (Å²) in [6.07, 6.45) is 2.44. The van der Waals surface area contributed by atoms with Gasteiger partial charge in [0.25, 0.3) is 0 Å². The van der Waals surface area contributed by atoms with E-state index in [1.807, 2.05) is 18.3 Å². The van der Waals surface area contributed by atoms with E-state index in [2.05, 4.69) is 37.5 Å². The van der Waals surface area contributed by atoms with Crippen LogP contribution in [0.2, 0.25) is 0 Å². The largest absolute Gasteiger partial charge is 0.361 e. The van der Waals surface area contributed by atoms with Crippen LogP contribution in [-0.2, 0) is 17.8 Å². The van der Waals surface area contributed by atoms with E-state index in [1.165, 1.54) is 10.9 Å². The maximum atomic E-state index is 12.4. The summed E-state index contributed by atoms with van der Waals surface area (Å²) in [6, 6.07) is 7.90. The smallest absolute Gasteiger partial charge is 0.237 e. The third-order valence-electron chi connectivity index (χ3n) is 4.43. The number of rotatable bonds is 4. The van der Waals surface area contributed by atoms with E-state index in [0.717, 1.165) is 12.1 Å². The minimum atomic E-state index is -0.299. The lowest BCUT2D eigenvalue weighted by Crippen LogP contribution is -2.55. The summed E-state index contributed by atoms with van der Waals surface area (Å²) in [5.74, 6) is 1.10. The van der Waals surface area contributed by atoms with Crippen molar-refractivity contribution in [3.8, 4) is 0 Å². The lowest BCUT2D eigenvalue weighted by atomic mass is 10.1. The van der Waals surface area contributed by atoms with Crippen LogP contribution in [0.25, 0.3) is 10.9 Å². The van der Waals surface area contributed by atoms with Gasteiger partial charge in [-0.05, 0) is 18.6 Å². The highest BCUT2D eigenvalue weighted by Crippen LogP contribution is 2.21. The number of aromatic amines is 1. The van der Waals surface area contributed by atoms with Gasteiger partial charge in [-0.3, -0.25) is 9.69 Å². The first-order chi connectivity index (χ1) is 11.7. The van der Waals surface area contributed by atoms with Crippen LogP contribution >= 0.6 is 0 Å². The second-order valence-corrected chi connectivity index (χ2v) is 6.08. The highest BCUT2D eigenvalue weighted by atomic mass is 16.5. The highest BCUT2D eigenvalue weighted by molar-refractivity contribution is 5.84. The fraction of sp³-hybridized carbons (Fsp3) is 0.353. The first-order valence-electron chi connectivity index (χ1n) is 8.06. The van der Waals surface area contributed by atoms with Gasteiger partial charge in [0.05, 0.1) is 12.5 Å². The van der Waals surface area contributed by atoms with Gasteiger partial charge in [-0.25, -0.2) is 0 Å². The van der Waals surface area contributed by atoms with Gasteiger partial charge in [0.15, 0.2) is 5.82 Å². The molecule has 0 radical (unpaired) electrons. The van der Waals surface area contributed by atoms with E-state index in [9.17, 15) is 4.79 Å². The number of hydrogen-bond acceptors (Lipinski definition) is 5. The molecule has 0 saturated carbocycles. The van der Waals surface area contributed by atoms with Crippen LogP contribution in [0.1, 0.15) is 17.3 Å². The van der Waals surface area contributed by atoms with Crippen molar-refractivity contribution >= 4 is 16.8 Å². The second kappa shape index (κ2) is 6.09. The summed E-state index contributed by atoms with van der Waals surface area (Å²) in [4.78, 5) is 22.1. The van der Waals surface area contributed by atoms with Crippen molar-refractivity contribution in [3.05, 3.63) is 47.7 Å². The molecule has 0 spiro atoms. The minimum Gasteiger partial charge on any atom is -0.361 e. The van der Waals surface area contributed by atoms with Crippen LogP contribution in [0.3, 0.4) is 0 Å². The van der Waals surface area contributed by atoms with Crippen LogP contribution in [0.15, 0.2) is 35.0 Å². The lowest BCUT2D eigenvalue weighted by Gasteiger charge is -2.34. The highest BCUT2D eigenvalue weighted by Gasteiger charge is 2.31. The Morgan fingerprint density at radius 2 is 2.25 bits per heavy atom. The summed E-state index contributed by atoms with van der Waals surface area (Å²) in [7, 11) is 0. The van der Waals surface area contributed by atoms with Gasteiger partial charge in [-0.1, -0.05) is 23.4 Å². The van der Waals surface area contributed by atoms with Crippen LogP contribution in [0, 0.1) is 6.92 Å². The third-order valence-corrected chi connectivity index (χ3v) is 4.43. The van der Waals surface area contributed by atoms with Gasteiger partial charge in [0, 0.05) is 36.7 Å². The Labute approximate surface area is 139 Å². The molecule has 24 heavy (non-hydrogen) atoms. The number of fused-ring (bicyclic) bond motifs is 1. The van der Waals surface area contributed by atoms with Gasteiger partial charge < -0.3 is 14.8 Å². The van der Waals surface area contributed by atoms with Crippen molar-refractivity contribution < 1.29 is 9.32 Å². The first-order valence-corrected chi connectivity index (χ1v) is 8.06. The van der Waals surface area contributed by atoms with Crippen molar-refractivity contribution in [3.63, 3.8) is 0 Å². The second-order valence-electron chi connectivity index (χ2n) is 6.08. The monoisotopic (exact) mass is 325 g/mol. The Balaban J connectivity index is 1.58. The molecule has 7 nitrogen and oxygen atoms in total. The van der Waals surface area contributed by atoms with Gasteiger partial charge in [-0.2, -0.15) is 4.98 Å². The number of nitrogens with one attached hydrogen (secondary N) is 2. The number of H-pyrrole nitrogens is 1. The summed E-state index contributed by atoms with van der Waals surface area (Å²) in [6.45, 7) is 3.93. The molecule has 3 aromatic rings. The summed E-state index contributed by atoms with van der Waals surface area (Å²) >= 11 is 0. The van der Waals surface area contributed by atoms with Crippen LogP contribution < -0.4 is 5.32 Å². The molecule has 1 atom stereocenters. The van der Waals surface area contributed by atoms with Crippen molar-refractivity contribution in [1.29, 1.82) is 0 Å². The molecule has 1 unspecified atom stereocenters. The van der Waals surface area contributed by atoms with E-state index < -0.39 is 0 Å². The Hall–Kier alpha value is -2.67. The lowest BCUT2D eigenvalue weighted by molar-refractivity contribution is -0.129. The zero-order chi connectivity index (χ0) is 16.5. The average molecular weight is 325 g/mol. The molecule has 1 aliphatic rings. The number of carbonyl (C=O) groups is 1. The SMILES string of the molecule is Cc1noc(CC2C(=O)NCCN2Cc2c[nH]c3ccccc23)n1. The molecular weight excluding hydrogens is 306 g/mol. The van der Waals surface area contributed by atoms with Gasteiger partial charge >= 0.3 is 0 Å². The number of benzene rings is 1.